The summed E-state index contributed by atoms with van der Waals surface area (Å²) in [6, 6.07) is 0.331. The van der Waals surface area contributed by atoms with Crippen LogP contribution in [-0.4, -0.2) is 22.1 Å². The average Bonchev–Trinajstić information content (AvgIpc) is 3.03. The quantitative estimate of drug-likeness (QED) is 0.757. The van der Waals surface area contributed by atoms with Crippen molar-refractivity contribution >= 4 is 11.6 Å². The molecule has 4 N–H and O–H groups in total. The number of hydrogen-bond acceptors (Lipinski definition) is 3. The number of nitrogen functional groups attached to an aromatic ring is 1. The van der Waals surface area contributed by atoms with E-state index in [1.165, 1.54) is 19.3 Å². The molecule has 0 aliphatic heterocycles. The Morgan fingerprint density at radius 2 is 2.33 bits per heavy atom. The van der Waals surface area contributed by atoms with Crippen LogP contribution < -0.4 is 11.1 Å². The Bertz CT molecular complexity index is 468. The molecule has 18 heavy (non-hydrogen) atoms. The SMILES string of the molecule is CCc1[nH]nc(C(=O)NC2CC3CCC2C3)c1N. The van der Waals surface area contributed by atoms with Crippen LogP contribution in [0.3, 0.4) is 0 Å². The third-order valence-electron chi connectivity index (χ3n) is 4.51. The van der Waals surface area contributed by atoms with E-state index in [2.05, 4.69) is 15.5 Å². The summed E-state index contributed by atoms with van der Waals surface area (Å²) in [5.74, 6) is 1.37. The van der Waals surface area contributed by atoms with Crippen LogP contribution in [0.25, 0.3) is 0 Å². The number of hydrogen-bond donors (Lipinski definition) is 3. The number of rotatable bonds is 3. The second-order valence-electron chi connectivity index (χ2n) is 5.57. The number of nitrogens with one attached hydrogen (secondary N) is 2. The molecule has 2 aliphatic rings. The number of H-pyrrole nitrogens is 1. The number of amides is 1. The molecule has 2 aliphatic carbocycles. The van der Waals surface area contributed by atoms with Crippen LogP contribution in [0.1, 0.15) is 48.8 Å². The minimum Gasteiger partial charge on any atom is -0.395 e. The third-order valence-corrected chi connectivity index (χ3v) is 4.51. The van der Waals surface area contributed by atoms with E-state index in [-0.39, 0.29) is 5.91 Å². The lowest BCUT2D eigenvalue weighted by Gasteiger charge is -2.22. The van der Waals surface area contributed by atoms with E-state index in [1.807, 2.05) is 6.92 Å². The predicted molar refractivity (Wildman–Crippen MR) is 69.1 cm³/mol. The van der Waals surface area contributed by atoms with Crippen LogP contribution in [0.2, 0.25) is 0 Å². The zero-order valence-corrected chi connectivity index (χ0v) is 10.7. The van der Waals surface area contributed by atoms with Gasteiger partial charge in [-0.25, -0.2) is 0 Å². The summed E-state index contributed by atoms with van der Waals surface area (Å²) in [5.41, 5.74) is 7.61. The second kappa shape index (κ2) is 4.30. The van der Waals surface area contributed by atoms with E-state index in [1.54, 1.807) is 0 Å². The molecule has 1 aromatic heterocycles. The van der Waals surface area contributed by atoms with Crippen LogP contribution in [0, 0.1) is 11.8 Å². The molecule has 5 nitrogen and oxygen atoms in total. The molecule has 0 saturated heterocycles. The Balaban J connectivity index is 1.69. The smallest absolute Gasteiger partial charge is 0.274 e. The molecular weight excluding hydrogens is 228 g/mol. The molecule has 98 valence electrons. The molecule has 1 aromatic rings. The standard InChI is InChI=1S/C13H20N4O/c1-2-9-11(14)12(17-16-9)13(18)15-10-6-7-3-4-8(10)5-7/h7-8,10H,2-6,14H2,1H3,(H,15,18)(H,16,17). The van der Waals surface area contributed by atoms with Gasteiger partial charge in [0.15, 0.2) is 5.69 Å². The molecule has 0 spiro atoms. The maximum Gasteiger partial charge on any atom is 0.274 e. The highest BCUT2D eigenvalue weighted by molar-refractivity contribution is 5.97. The Morgan fingerprint density at radius 1 is 1.50 bits per heavy atom. The fourth-order valence-corrected chi connectivity index (χ4v) is 3.49. The number of aromatic amines is 1. The molecule has 0 radical (unpaired) electrons. The number of nitrogens with two attached hydrogens (primary N) is 1. The Morgan fingerprint density at radius 3 is 2.89 bits per heavy atom. The Kier molecular flexibility index (Phi) is 2.76. The molecule has 3 atom stereocenters. The van der Waals surface area contributed by atoms with Crippen molar-refractivity contribution < 1.29 is 4.79 Å². The lowest BCUT2D eigenvalue weighted by Crippen LogP contribution is -2.38. The van der Waals surface area contributed by atoms with Crippen molar-refractivity contribution in [2.24, 2.45) is 11.8 Å². The van der Waals surface area contributed by atoms with Gasteiger partial charge in [0.1, 0.15) is 0 Å². The van der Waals surface area contributed by atoms with Crippen LogP contribution in [-0.2, 0) is 6.42 Å². The summed E-state index contributed by atoms with van der Waals surface area (Å²) in [7, 11) is 0. The van der Waals surface area contributed by atoms with Crippen molar-refractivity contribution in [3.63, 3.8) is 0 Å². The van der Waals surface area contributed by atoms with Gasteiger partial charge in [0.25, 0.3) is 5.91 Å². The van der Waals surface area contributed by atoms with Crippen molar-refractivity contribution in [3.05, 3.63) is 11.4 Å². The zero-order valence-electron chi connectivity index (χ0n) is 10.7. The van der Waals surface area contributed by atoms with Gasteiger partial charge in [-0.3, -0.25) is 9.89 Å². The summed E-state index contributed by atoms with van der Waals surface area (Å²) in [5, 5.41) is 9.96. The highest BCUT2D eigenvalue weighted by atomic mass is 16.2. The molecule has 2 bridgehead atoms. The van der Waals surface area contributed by atoms with E-state index in [4.69, 9.17) is 5.73 Å². The average molecular weight is 248 g/mol. The van der Waals surface area contributed by atoms with Gasteiger partial charge in [0, 0.05) is 6.04 Å². The summed E-state index contributed by atoms with van der Waals surface area (Å²) >= 11 is 0. The number of carbonyl (C=O) groups is 1. The van der Waals surface area contributed by atoms with Crippen molar-refractivity contribution in [3.8, 4) is 0 Å². The maximum atomic E-state index is 12.2. The molecule has 1 heterocycles. The lowest BCUT2D eigenvalue weighted by molar-refractivity contribution is 0.0918. The fourth-order valence-electron chi connectivity index (χ4n) is 3.49. The van der Waals surface area contributed by atoms with Crippen LogP contribution in [0.15, 0.2) is 0 Å². The first kappa shape index (κ1) is 11.6. The van der Waals surface area contributed by atoms with Gasteiger partial charge in [0.05, 0.1) is 11.4 Å². The van der Waals surface area contributed by atoms with Gasteiger partial charge < -0.3 is 11.1 Å². The third kappa shape index (κ3) is 1.78. The number of aromatic nitrogens is 2. The number of aryl methyl sites for hydroxylation is 1. The van der Waals surface area contributed by atoms with E-state index in [9.17, 15) is 4.79 Å². The van der Waals surface area contributed by atoms with Crippen LogP contribution in [0.4, 0.5) is 5.69 Å². The van der Waals surface area contributed by atoms with Gasteiger partial charge in [-0.2, -0.15) is 5.10 Å². The lowest BCUT2D eigenvalue weighted by atomic mass is 9.95. The summed E-state index contributed by atoms with van der Waals surface area (Å²) in [6.45, 7) is 1.99. The van der Waals surface area contributed by atoms with E-state index in [0.717, 1.165) is 24.5 Å². The van der Waals surface area contributed by atoms with Crippen LogP contribution in [0.5, 0.6) is 0 Å². The Hall–Kier alpha value is -1.52. The topological polar surface area (TPSA) is 83.8 Å². The van der Waals surface area contributed by atoms with Gasteiger partial charge in [0.2, 0.25) is 0 Å². The highest BCUT2D eigenvalue weighted by Gasteiger charge is 2.40. The number of fused-ring (bicyclic) bond motifs is 2. The predicted octanol–water partition coefficient (Wildman–Crippen LogP) is 1.47. The number of carbonyl (C=O) groups excluding carboxylic acids is 1. The molecule has 0 aromatic carbocycles. The van der Waals surface area contributed by atoms with Crippen molar-refractivity contribution in [1.29, 1.82) is 0 Å². The largest absolute Gasteiger partial charge is 0.395 e. The second-order valence-corrected chi connectivity index (χ2v) is 5.57. The van der Waals surface area contributed by atoms with E-state index in [0.29, 0.717) is 23.3 Å². The first-order chi connectivity index (χ1) is 8.69. The molecular formula is C13H20N4O. The van der Waals surface area contributed by atoms with Crippen molar-refractivity contribution in [2.75, 3.05) is 5.73 Å². The van der Waals surface area contributed by atoms with E-state index >= 15 is 0 Å². The number of anilines is 1. The van der Waals surface area contributed by atoms with Gasteiger partial charge in [-0.1, -0.05) is 13.3 Å². The minimum atomic E-state index is -0.124. The monoisotopic (exact) mass is 248 g/mol. The molecule has 2 fully saturated rings. The summed E-state index contributed by atoms with van der Waals surface area (Å²) < 4.78 is 0. The van der Waals surface area contributed by atoms with Gasteiger partial charge in [-0.05, 0) is 37.5 Å². The zero-order chi connectivity index (χ0) is 12.7. The minimum absolute atomic E-state index is 0.124. The molecule has 5 heteroatoms. The molecule has 3 unspecified atom stereocenters. The first-order valence-electron chi connectivity index (χ1n) is 6.82. The van der Waals surface area contributed by atoms with Crippen LogP contribution >= 0.6 is 0 Å². The van der Waals surface area contributed by atoms with Crippen molar-refractivity contribution in [1.82, 2.24) is 15.5 Å². The van der Waals surface area contributed by atoms with Gasteiger partial charge in [-0.15, -0.1) is 0 Å². The van der Waals surface area contributed by atoms with Crippen molar-refractivity contribution in [2.45, 2.75) is 45.1 Å². The molecule has 3 rings (SSSR count). The van der Waals surface area contributed by atoms with Gasteiger partial charge >= 0.3 is 0 Å². The number of nitrogens with zero attached hydrogens (tertiary/aromatic N) is 1. The van der Waals surface area contributed by atoms with E-state index < -0.39 is 0 Å². The summed E-state index contributed by atoms with van der Waals surface area (Å²) in [6.07, 6.45) is 5.76. The first-order valence-corrected chi connectivity index (χ1v) is 6.82. The fraction of sp³-hybridized carbons (Fsp3) is 0.692. The highest BCUT2D eigenvalue weighted by Crippen LogP contribution is 2.44. The Labute approximate surface area is 107 Å². The maximum absolute atomic E-state index is 12.2. The molecule has 2 saturated carbocycles. The summed E-state index contributed by atoms with van der Waals surface area (Å²) in [4.78, 5) is 12.2. The normalized spacial score (nSPS) is 29.7. The molecule has 1 amide bonds.